The molecule has 0 amide bonds. The van der Waals surface area contributed by atoms with E-state index < -0.39 is 0 Å². The fraction of sp³-hybridized carbons (Fsp3) is 0.154. The SMILES string of the molecule is Cc1c[c-]c(-n2[c-][n+](C)c3ccccc32)c(C)c1.Cc1c[c-]c(-n2[c-][n+](C)c3ccccc32)c(C)c1.[Ir].c1ccc(-c2cnn[n-]2)nc1. The van der Waals surface area contributed by atoms with Crippen LogP contribution in [0.4, 0.5) is 0 Å². The fourth-order valence-corrected chi connectivity index (χ4v) is 5.52. The van der Waals surface area contributed by atoms with Crippen LogP contribution in [0.2, 0.25) is 0 Å². The van der Waals surface area contributed by atoms with Gasteiger partial charge in [0.2, 0.25) is 12.7 Å². The van der Waals surface area contributed by atoms with Crippen molar-refractivity contribution in [3.63, 3.8) is 0 Å². The Morgan fingerprint density at radius 1 is 0.667 bits per heavy atom. The van der Waals surface area contributed by atoms with Crippen LogP contribution in [0.15, 0.2) is 103 Å². The largest absolute Gasteiger partial charge is 0.358 e. The average molecular weight is 808 g/mol. The van der Waals surface area contributed by atoms with Gasteiger partial charge in [0.15, 0.2) is 0 Å². The summed E-state index contributed by atoms with van der Waals surface area (Å²) in [4.78, 5) is 4.08. The van der Waals surface area contributed by atoms with E-state index in [2.05, 4.69) is 131 Å². The van der Waals surface area contributed by atoms with Crippen molar-refractivity contribution < 1.29 is 29.2 Å². The summed E-state index contributed by atoms with van der Waals surface area (Å²) in [5.41, 5.74) is 13.2. The van der Waals surface area contributed by atoms with Crippen molar-refractivity contribution in [3.05, 3.63) is 150 Å². The smallest absolute Gasteiger partial charge is 0.242 e. The van der Waals surface area contributed by atoms with Crippen LogP contribution in [0.5, 0.6) is 0 Å². The summed E-state index contributed by atoms with van der Waals surface area (Å²) in [6.45, 7) is 8.40. The van der Waals surface area contributed by atoms with Gasteiger partial charge in [-0.3, -0.25) is 10.2 Å². The zero-order valence-electron chi connectivity index (χ0n) is 27.7. The molecule has 0 bridgehead atoms. The molecule has 0 fully saturated rings. The number of hydrogen-bond donors (Lipinski definition) is 0. The molecule has 243 valence electrons. The van der Waals surface area contributed by atoms with Gasteiger partial charge in [-0.1, -0.05) is 99.9 Å². The Labute approximate surface area is 294 Å². The van der Waals surface area contributed by atoms with E-state index in [1.807, 2.05) is 65.7 Å². The fourth-order valence-electron chi connectivity index (χ4n) is 5.52. The third-order valence-electron chi connectivity index (χ3n) is 7.74. The van der Waals surface area contributed by atoms with E-state index in [9.17, 15) is 0 Å². The number of hydrogen-bond acceptors (Lipinski definition) is 3. The predicted octanol–water partition coefficient (Wildman–Crippen LogP) is 5.84. The molecule has 0 spiro atoms. The number of nitrogens with zero attached hydrogens (tertiary/aromatic N) is 8. The second kappa shape index (κ2) is 15.1. The molecular weight excluding hydrogens is 773 g/mol. The van der Waals surface area contributed by atoms with Gasteiger partial charge < -0.3 is 28.5 Å². The quantitative estimate of drug-likeness (QED) is 0.166. The average Bonchev–Trinajstić information content (AvgIpc) is 3.82. The summed E-state index contributed by atoms with van der Waals surface area (Å²) < 4.78 is 8.18. The summed E-state index contributed by atoms with van der Waals surface area (Å²) in [5, 5.41) is 10.8. The Morgan fingerprint density at radius 3 is 1.60 bits per heavy atom. The zero-order valence-corrected chi connectivity index (χ0v) is 30.1. The minimum absolute atomic E-state index is 0. The first-order valence-electron chi connectivity index (χ1n) is 15.3. The summed E-state index contributed by atoms with van der Waals surface area (Å²) in [6, 6.07) is 37.3. The Morgan fingerprint density at radius 2 is 1.17 bits per heavy atom. The van der Waals surface area contributed by atoms with E-state index >= 15 is 0 Å². The Balaban J connectivity index is 0.000000144. The third-order valence-corrected chi connectivity index (χ3v) is 7.74. The van der Waals surface area contributed by atoms with E-state index in [0.29, 0.717) is 5.69 Å². The molecule has 4 aromatic carbocycles. The number of fused-ring (bicyclic) bond motifs is 2. The van der Waals surface area contributed by atoms with Crippen LogP contribution in [-0.2, 0) is 34.2 Å². The molecule has 9 heteroatoms. The van der Waals surface area contributed by atoms with Gasteiger partial charge in [0.1, 0.15) is 0 Å². The molecule has 0 unspecified atom stereocenters. The summed E-state index contributed by atoms with van der Waals surface area (Å²) in [6.07, 6.45) is 9.96. The van der Waals surface area contributed by atoms with Gasteiger partial charge in [-0.25, -0.2) is 0 Å². The topological polar surface area (TPSA) is 70.4 Å². The van der Waals surface area contributed by atoms with E-state index in [1.54, 1.807) is 12.4 Å². The summed E-state index contributed by atoms with van der Waals surface area (Å²) in [5.74, 6) is 0. The molecule has 8 nitrogen and oxygen atoms in total. The number of para-hydroxylation sites is 4. The van der Waals surface area contributed by atoms with Crippen molar-refractivity contribution in [2.24, 2.45) is 14.1 Å². The second-order valence-corrected chi connectivity index (χ2v) is 11.4. The van der Waals surface area contributed by atoms with Crippen LogP contribution in [0.3, 0.4) is 0 Å². The van der Waals surface area contributed by atoms with Crippen molar-refractivity contribution in [3.8, 4) is 22.8 Å². The van der Waals surface area contributed by atoms with E-state index in [0.717, 1.165) is 28.1 Å². The second-order valence-electron chi connectivity index (χ2n) is 11.4. The number of imidazole rings is 2. The van der Waals surface area contributed by atoms with E-state index in [4.69, 9.17) is 0 Å². The molecular formula is C39H35IrN8-3. The molecule has 0 N–H and O–H groups in total. The summed E-state index contributed by atoms with van der Waals surface area (Å²) in [7, 11) is 4.03. The van der Waals surface area contributed by atoms with E-state index in [1.165, 1.54) is 33.3 Å². The van der Waals surface area contributed by atoms with Gasteiger partial charge in [0, 0.05) is 26.3 Å². The number of pyridine rings is 1. The van der Waals surface area contributed by atoms with Crippen molar-refractivity contribution in [2.45, 2.75) is 27.7 Å². The molecule has 8 aromatic rings. The molecule has 0 saturated heterocycles. The molecule has 0 saturated carbocycles. The van der Waals surface area contributed by atoms with Gasteiger partial charge in [-0.2, -0.15) is 58.7 Å². The van der Waals surface area contributed by atoms with Crippen molar-refractivity contribution in [1.29, 1.82) is 0 Å². The number of aryl methyl sites for hydroxylation is 6. The van der Waals surface area contributed by atoms with Crippen LogP contribution in [0, 0.1) is 52.5 Å². The van der Waals surface area contributed by atoms with Crippen LogP contribution >= 0.6 is 0 Å². The van der Waals surface area contributed by atoms with Crippen LogP contribution in [0.25, 0.3) is 44.8 Å². The molecule has 4 aromatic heterocycles. The van der Waals surface area contributed by atoms with Gasteiger partial charge in [0.05, 0.1) is 41.9 Å². The Hall–Kier alpha value is -5.24. The molecule has 0 aliphatic heterocycles. The molecule has 4 heterocycles. The molecule has 0 aliphatic carbocycles. The summed E-state index contributed by atoms with van der Waals surface area (Å²) >= 11 is 0. The minimum Gasteiger partial charge on any atom is -0.358 e. The first-order chi connectivity index (χ1) is 22.8. The maximum Gasteiger partial charge on any atom is 0.242 e. The standard InChI is InChI=1S/2C16H15N2.C7H5N4.Ir/c2*1-12-8-9-14(13(2)10-12)18-11-17(3)15-6-4-5-7-16(15)18;1-2-4-8-6(3-1)7-5-9-11-10-7;/h2*4-8,10H,1-3H3;1-5H;/q3*-1;. The zero-order chi connectivity index (χ0) is 32.9. The minimum atomic E-state index is 0. The normalized spacial score (nSPS) is 10.5. The molecule has 1 radical (unpaired) electrons. The van der Waals surface area contributed by atoms with Crippen molar-refractivity contribution in [1.82, 2.24) is 29.5 Å². The Bertz CT molecular complexity index is 2140. The molecule has 0 atom stereocenters. The van der Waals surface area contributed by atoms with Crippen LogP contribution in [0.1, 0.15) is 22.3 Å². The molecule has 48 heavy (non-hydrogen) atoms. The monoisotopic (exact) mass is 808 g/mol. The number of aromatic nitrogens is 8. The van der Waals surface area contributed by atoms with Crippen LogP contribution < -0.4 is 14.2 Å². The first kappa shape index (κ1) is 34.1. The van der Waals surface area contributed by atoms with Gasteiger partial charge in [-0.15, -0.1) is 0 Å². The number of rotatable bonds is 3. The van der Waals surface area contributed by atoms with Crippen LogP contribution in [-0.4, -0.2) is 24.4 Å². The van der Waals surface area contributed by atoms with Gasteiger partial charge in [-0.05, 0) is 17.8 Å². The maximum atomic E-state index is 4.08. The Kier molecular flexibility index (Phi) is 10.7. The van der Waals surface area contributed by atoms with Crippen molar-refractivity contribution >= 4 is 22.1 Å². The molecule has 8 rings (SSSR count). The van der Waals surface area contributed by atoms with Gasteiger partial charge in [0.25, 0.3) is 0 Å². The predicted molar refractivity (Wildman–Crippen MR) is 182 cm³/mol. The maximum absolute atomic E-state index is 4.08. The third kappa shape index (κ3) is 7.33. The first-order valence-corrected chi connectivity index (χ1v) is 15.3. The van der Waals surface area contributed by atoms with Gasteiger partial charge >= 0.3 is 0 Å². The van der Waals surface area contributed by atoms with E-state index in [-0.39, 0.29) is 20.1 Å². The number of benzene rings is 4. The molecule has 0 aliphatic rings. The van der Waals surface area contributed by atoms with Crippen molar-refractivity contribution in [2.75, 3.05) is 0 Å².